The highest BCUT2D eigenvalue weighted by atomic mass is 16.3. The number of aromatic hydroxyl groups is 1. The van der Waals surface area contributed by atoms with Gasteiger partial charge in [-0.15, -0.1) is 0 Å². The van der Waals surface area contributed by atoms with E-state index in [2.05, 4.69) is 21.0 Å². The summed E-state index contributed by atoms with van der Waals surface area (Å²) in [6, 6.07) is 9.28. The molecule has 1 N–H and O–H groups in total. The van der Waals surface area contributed by atoms with Crippen LogP contribution in [0.4, 0.5) is 0 Å². The summed E-state index contributed by atoms with van der Waals surface area (Å²) in [7, 11) is 0. The Morgan fingerprint density at radius 3 is 2.74 bits per heavy atom. The van der Waals surface area contributed by atoms with Gasteiger partial charge in [-0.05, 0) is 18.1 Å². The largest absolute Gasteiger partial charge is 0.493 e. The molecule has 0 fully saturated rings. The average molecular weight is 305 g/mol. The third-order valence-electron chi connectivity index (χ3n) is 3.49. The number of benzene rings is 1. The molecule has 6 heteroatoms. The summed E-state index contributed by atoms with van der Waals surface area (Å²) < 4.78 is 1.63. The van der Waals surface area contributed by atoms with E-state index >= 15 is 0 Å². The van der Waals surface area contributed by atoms with E-state index in [9.17, 15) is 5.11 Å². The number of nitrogens with zero attached hydrogens (tertiary/aromatic N) is 5. The highest BCUT2D eigenvalue weighted by Gasteiger charge is 2.19. The Morgan fingerprint density at radius 2 is 2.09 bits per heavy atom. The number of hydrogen-bond donors (Lipinski definition) is 1. The quantitative estimate of drug-likeness (QED) is 0.803. The van der Waals surface area contributed by atoms with Crippen LogP contribution < -0.4 is 0 Å². The van der Waals surface area contributed by atoms with Gasteiger partial charge < -0.3 is 5.11 Å². The Bertz CT molecular complexity index is 878. The molecule has 0 aliphatic rings. The molecule has 0 spiro atoms. The van der Waals surface area contributed by atoms with Crippen molar-refractivity contribution in [3.8, 4) is 29.2 Å². The summed E-state index contributed by atoms with van der Waals surface area (Å²) in [5.41, 5.74) is 2.59. The highest BCUT2D eigenvalue weighted by Crippen LogP contribution is 2.34. The van der Waals surface area contributed by atoms with Crippen LogP contribution in [0.1, 0.15) is 30.9 Å². The Labute approximate surface area is 133 Å². The summed E-state index contributed by atoms with van der Waals surface area (Å²) in [6.45, 7) is 3.93. The molecule has 6 nitrogen and oxygen atoms in total. The minimum Gasteiger partial charge on any atom is -0.493 e. The molecule has 0 aliphatic heterocycles. The molecular weight excluding hydrogens is 290 g/mol. The summed E-state index contributed by atoms with van der Waals surface area (Å²) in [5.74, 6) is 0.311. The first kappa shape index (κ1) is 14.7. The van der Waals surface area contributed by atoms with Gasteiger partial charge in [-0.3, -0.25) is 4.57 Å². The van der Waals surface area contributed by atoms with Crippen LogP contribution in [0.15, 0.2) is 43.0 Å². The van der Waals surface area contributed by atoms with Gasteiger partial charge >= 0.3 is 0 Å². The van der Waals surface area contributed by atoms with E-state index in [4.69, 9.17) is 5.26 Å². The van der Waals surface area contributed by atoms with Crippen molar-refractivity contribution in [2.75, 3.05) is 0 Å². The summed E-state index contributed by atoms with van der Waals surface area (Å²) in [4.78, 5) is 12.7. The average Bonchev–Trinajstić information content (AvgIpc) is 3.08. The van der Waals surface area contributed by atoms with E-state index in [1.165, 1.54) is 0 Å². The molecule has 0 amide bonds. The van der Waals surface area contributed by atoms with Gasteiger partial charge in [0.25, 0.3) is 0 Å². The first-order chi connectivity index (χ1) is 11.1. The number of hydrogen-bond acceptors (Lipinski definition) is 5. The minimum absolute atomic E-state index is 0.0348. The maximum absolute atomic E-state index is 10.4. The van der Waals surface area contributed by atoms with E-state index < -0.39 is 0 Å². The molecule has 3 aromatic rings. The zero-order valence-electron chi connectivity index (χ0n) is 12.8. The third-order valence-corrected chi connectivity index (χ3v) is 3.49. The van der Waals surface area contributed by atoms with Gasteiger partial charge in [0, 0.05) is 23.5 Å². The van der Waals surface area contributed by atoms with Crippen molar-refractivity contribution in [1.29, 1.82) is 5.26 Å². The topological polar surface area (TPSA) is 87.6 Å². The van der Waals surface area contributed by atoms with E-state index in [-0.39, 0.29) is 11.8 Å². The highest BCUT2D eigenvalue weighted by molar-refractivity contribution is 5.68. The lowest BCUT2D eigenvalue weighted by Crippen LogP contribution is -2.05. The lowest BCUT2D eigenvalue weighted by Gasteiger charge is -2.15. The first-order valence-corrected chi connectivity index (χ1v) is 7.20. The second-order valence-corrected chi connectivity index (χ2v) is 5.43. The van der Waals surface area contributed by atoms with Gasteiger partial charge in [0.2, 0.25) is 11.8 Å². The van der Waals surface area contributed by atoms with Gasteiger partial charge in [0.15, 0.2) is 0 Å². The second kappa shape index (κ2) is 5.89. The standard InChI is InChI=1S/C17H15N5O/c1-11(2)14-15(13-5-3-4-12(8-13)9-18)20-17(21-16(14)23)22-7-6-19-10-22/h3-8,10-11H,1-2H3,(H,20,21,23). The van der Waals surface area contributed by atoms with Crippen molar-refractivity contribution in [2.24, 2.45) is 0 Å². The molecule has 114 valence electrons. The molecule has 0 radical (unpaired) electrons. The first-order valence-electron chi connectivity index (χ1n) is 7.20. The van der Waals surface area contributed by atoms with Gasteiger partial charge in [-0.2, -0.15) is 10.2 Å². The summed E-state index contributed by atoms with van der Waals surface area (Å²) in [5, 5.41) is 19.5. The van der Waals surface area contributed by atoms with Crippen LogP contribution >= 0.6 is 0 Å². The zero-order chi connectivity index (χ0) is 16.4. The molecule has 0 saturated carbocycles. The van der Waals surface area contributed by atoms with E-state index in [0.29, 0.717) is 22.8 Å². The molecule has 2 aromatic heterocycles. The number of nitriles is 1. The Morgan fingerprint density at radius 1 is 1.26 bits per heavy atom. The van der Waals surface area contributed by atoms with Crippen LogP contribution in [0.5, 0.6) is 5.88 Å². The van der Waals surface area contributed by atoms with Crippen LogP contribution in [-0.2, 0) is 0 Å². The molecule has 23 heavy (non-hydrogen) atoms. The Kier molecular flexibility index (Phi) is 3.77. The Hall–Kier alpha value is -3.20. The fourth-order valence-corrected chi connectivity index (χ4v) is 2.43. The van der Waals surface area contributed by atoms with E-state index in [1.54, 1.807) is 41.5 Å². The van der Waals surface area contributed by atoms with Crippen molar-refractivity contribution >= 4 is 0 Å². The maximum Gasteiger partial charge on any atom is 0.238 e. The third kappa shape index (κ3) is 2.77. The van der Waals surface area contributed by atoms with Crippen LogP contribution in [0, 0.1) is 11.3 Å². The molecule has 0 atom stereocenters. The van der Waals surface area contributed by atoms with Crippen molar-refractivity contribution in [2.45, 2.75) is 19.8 Å². The van der Waals surface area contributed by atoms with Gasteiger partial charge in [0.1, 0.15) is 6.33 Å². The fourth-order valence-electron chi connectivity index (χ4n) is 2.43. The van der Waals surface area contributed by atoms with Crippen molar-refractivity contribution in [3.63, 3.8) is 0 Å². The lowest BCUT2D eigenvalue weighted by molar-refractivity contribution is 0.440. The van der Waals surface area contributed by atoms with Crippen LogP contribution in [0.2, 0.25) is 0 Å². The van der Waals surface area contributed by atoms with Crippen molar-refractivity contribution in [3.05, 3.63) is 54.1 Å². The molecule has 2 heterocycles. The molecule has 0 bridgehead atoms. The van der Waals surface area contributed by atoms with E-state index in [1.807, 2.05) is 19.9 Å². The van der Waals surface area contributed by atoms with Gasteiger partial charge in [0.05, 0.1) is 17.3 Å². The molecule has 0 unspecified atom stereocenters. The van der Waals surface area contributed by atoms with Crippen molar-refractivity contribution < 1.29 is 5.11 Å². The molecule has 0 aliphatic carbocycles. The van der Waals surface area contributed by atoms with Crippen LogP contribution in [-0.4, -0.2) is 24.6 Å². The minimum atomic E-state index is -0.0592. The number of rotatable bonds is 3. The van der Waals surface area contributed by atoms with Gasteiger partial charge in [-0.25, -0.2) is 9.97 Å². The molecular formula is C17H15N5O. The van der Waals surface area contributed by atoms with E-state index in [0.717, 1.165) is 5.56 Å². The summed E-state index contributed by atoms with van der Waals surface area (Å²) in [6.07, 6.45) is 4.89. The predicted octanol–water partition coefficient (Wildman–Crippen LogP) is 3.03. The Balaban J connectivity index is 2.26. The maximum atomic E-state index is 10.4. The van der Waals surface area contributed by atoms with Crippen LogP contribution in [0.3, 0.4) is 0 Å². The van der Waals surface area contributed by atoms with Crippen LogP contribution in [0.25, 0.3) is 17.2 Å². The normalized spacial score (nSPS) is 10.7. The summed E-state index contributed by atoms with van der Waals surface area (Å²) >= 11 is 0. The number of aromatic nitrogens is 4. The monoisotopic (exact) mass is 305 g/mol. The molecule has 3 rings (SSSR count). The SMILES string of the molecule is CC(C)c1c(O)nc(-n2ccnc2)nc1-c1cccc(C#N)c1. The zero-order valence-corrected chi connectivity index (χ0v) is 12.8. The van der Waals surface area contributed by atoms with Crippen molar-refractivity contribution in [1.82, 2.24) is 19.5 Å². The lowest BCUT2D eigenvalue weighted by atomic mass is 9.97. The second-order valence-electron chi connectivity index (χ2n) is 5.43. The predicted molar refractivity (Wildman–Crippen MR) is 85.1 cm³/mol. The molecule has 1 aromatic carbocycles. The fraction of sp³-hybridized carbons (Fsp3) is 0.176. The number of imidazole rings is 1. The van der Waals surface area contributed by atoms with Gasteiger partial charge in [-0.1, -0.05) is 26.0 Å². The molecule has 0 saturated heterocycles. The smallest absolute Gasteiger partial charge is 0.238 e.